The molecule has 49 heavy (non-hydrogen) atoms. The molecule has 1 aromatic heterocycles. The summed E-state index contributed by atoms with van der Waals surface area (Å²) in [5, 5.41) is 2.54. The lowest BCUT2D eigenvalue weighted by Gasteiger charge is -2.41. The molecule has 0 aliphatic carbocycles. The second-order valence-corrected chi connectivity index (χ2v) is 13.5. The van der Waals surface area contributed by atoms with Crippen LogP contribution in [0.2, 0.25) is 0 Å². The first-order valence-electron chi connectivity index (χ1n) is 15.9. The molecule has 1 aliphatic heterocycles. The van der Waals surface area contributed by atoms with Crippen molar-refractivity contribution >= 4 is 35.1 Å². The van der Waals surface area contributed by atoms with Crippen LogP contribution in [0.15, 0.2) is 89.2 Å². The topological polar surface area (TPSA) is 110 Å². The Labute approximate surface area is 291 Å². The number of nitrogens with one attached hydrogen (secondary N) is 1. The zero-order valence-electron chi connectivity index (χ0n) is 29.1. The zero-order chi connectivity index (χ0) is 36.4. The molecular formula is C37H45F2N5O4S. The first kappa shape index (κ1) is 38.9. The summed E-state index contributed by atoms with van der Waals surface area (Å²) in [6.45, 7) is 19.7. The Morgan fingerprint density at radius 3 is 2.51 bits per heavy atom. The van der Waals surface area contributed by atoms with Crippen LogP contribution < -0.4 is 10.1 Å². The predicted octanol–water partition coefficient (Wildman–Crippen LogP) is 6.99. The van der Waals surface area contributed by atoms with E-state index in [1.54, 1.807) is 24.0 Å². The van der Waals surface area contributed by atoms with Crippen LogP contribution in [0.4, 0.5) is 14.6 Å². The van der Waals surface area contributed by atoms with Crippen molar-refractivity contribution in [3.8, 4) is 17.0 Å². The molecule has 1 saturated heterocycles. The molecular weight excluding hydrogens is 649 g/mol. The van der Waals surface area contributed by atoms with E-state index in [1.165, 1.54) is 24.5 Å². The molecule has 1 aliphatic rings. The van der Waals surface area contributed by atoms with Gasteiger partial charge in [0.1, 0.15) is 35.2 Å². The van der Waals surface area contributed by atoms with Crippen LogP contribution in [0.1, 0.15) is 47.1 Å². The predicted molar refractivity (Wildman–Crippen MR) is 193 cm³/mol. The van der Waals surface area contributed by atoms with Crippen molar-refractivity contribution in [1.82, 2.24) is 14.8 Å². The minimum absolute atomic E-state index is 0.00701. The highest BCUT2D eigenvalue weighted by atomic mass is 32.2. The third kappa shape index (κ3) is 9.99. The van der Waals surface area contributed by atoms with Gasteiger partial charge >= 0.3 is 0 Å². The summed E-state index contributed by atoms with van der Waals surface area (Å²) in [5.74, 6) is -1.25. The number of hydrogen-bond acceptors (Lipinski definition) is 6. The van der Waals surface area contributed by atoms with Gasteiger partial charge in [0, 0.05) is 31.6 Å². The fourth-order valence-corrected chi connectivity index (χ4v) is 5.76. The van der Waals surface area contributed by atoms with E-state index in [4.69, 9.17) is 9.73 Å². The zero-order valence-corrected chi connectivity index (χ0v) is 29.9. The third-order valence-corrected chi connectivity index (χ3v) is 8.74. The quantitative estimate of drug-likeness (QED) is 0.0461. The molecule has 0 bridgehead atoms. The summed E-state index contributed by atoms with van der Waals surface area (Å²) in [6.07, 6.45) is 10.5. The van der Waals surface area contributed by atoms with Crippen molar-refractivity contribution in [3.05, 3.63) is 101 Å². The Kier molecular flexibility index (Phi) is 14.1. The van der Waals surface area contributed by atoms with Crippen LogP contribution in [-0.2, 0) is 20.8 Å². The molecule has 2 heterocycles. The first-order valence-corrected chi connectivity index (χ1v) is 17.5. The lowest BCUT2D eigenvalue weighted by Crippen LogP contribution is -2.55. The largest absolute Gasteiger partial charge is 0.612 e. The fraction of sp³-hybridized carbons (Fsp3) is 0.351. The number of amidine groups is 1. The molecule has 9 nitrogen and oxygen atoms in total. The van der Waals surface area contributed by atoms with Gasteiger partial charge in [-0.2, -0.15) is 0 Å². The molecule has 2 unspecified atom stereocenters. The van der Waals surface area contributed by atoms with Gasteiger partial charge in [-0.3, -0.25) is 9.59 Å². The minimum Gasteiger partial charge on any atom is -0.612 e. The summed E-state index contributed by atoms with van der Waals surface area (Å²) in [5.41, 5.74) is -0.169. The van der Waals surface area contributed by atoms with Crippen LogP contribution in [-0.4, -0.2) is 69.4 Å². The standard InChI is InChI=1S/C37H45F2N5O4S/c1-10-33(46)43-18-19-44(25(6)21-43)37(41-26(7)32(49(9)47)17-12-11-14-23(2)3)28-20-30(39)35(42-36(28)40-22-45)34-29(38)15-13-16-31(34)48-27(8)24(4)5/h10-17,20,22-25H,1,8,18-19,21H2,2-7,9H3,(H,40,42,45)/b14-11+,17-12-,32-26-,41-37+. The lowest BCUT2D eigenvalue weighted by molar-refractivity contribution is -0.128. The van der Waals surface area contributed by atoms with Gasteiger partial charge in [0.15, 0.2) is 10.7 Å². The summed E-state index contributed by atoms with van der Waals surface area (Å²) >= 11 is -1.46. The summed E-state index contributed by atoms with van der Waals surface area (Å²) in [7, 11) is 0. The number of ether oxygens (including phenoxy) is 1. The molecule has 12 heteroatoms. The SMILES string of the molecule is C=CC(=O)N1CCN(/C(=N/C(C)=C(/C=C\C=C\C(C)C)[S+](C)[O-])c2cc(F)c(-c3c(F)cccc3OC(=C)C(C)C)nc2NC=O)C(C)C1. The Morgan fingerprint density at radius 1 is 1.20 bits per heavy atom. The molecule has 2 atom stereocenters. The van der Waals surface area contributed by atoms with Crippen LogP contribution in [0.5, 0.6) is 5.75 Å². The van der Waals surface area contributed by atoms with Crippen molar-refractivity contribution in [2.24, 2.45) is 16.8 Å². The molecule has 0 spiro atoms. The molecule has 2 aromatic rings. The highest BCUT2D eigenvalue weighted by molar-refractivity contribution is 7.94. The normalized spacial score (nSPS) is 16.7. The van der Waals surface area contributed by atoms with Crippen LogP contribution in [0.3, 0.4) is 0 Å². The smallest absolute Gasteiger partial charge is 0.246 e. The Hall–Kier alpha value is -4.55. The van der Waals surface area contributed by atoms with E-state index in [9.17, 15) is 14.1 Å². The average molecular weight is 694 g/mol. The minimum atomic E-state index is -1.46. The molecule has 0 radical (unpaired) electrons. The van der Waals surface area contributed by atoms with Gasteiger partial charge in [-0.25, -0.2) is 18.8 Å². The number of aromatic nitrogens is 1. The number of carbonyl (C=O) groups is 2. The number of rotatable bonds is 13. The van der Waals surface area contributed by atoms with Crippen molar-refractivity contribution in [2.45, 2.75) is 47.6 Å². The van der Waals surface area contributed by atoms with Crippen LogP contribution >= 0.6 is 0 Å². The Bertz CT molecular complexity index is 1680. The number of nitrogens with zero attached hydrogens (tertiary/aromatic N) is 4. The second kappa shape index (κ2) is 17.7. The van der Waals surface area contributed by atoms with Crippen LogP contribution in [0.25, 0.3) is 11.3 Å². The maximum Gasteiger partial charge on any atom is 0.246 e. The van der Waals surface area contributed by atoms with E-state index in [1.807, 2.05) is 51.7 Å². The number of hydrogen-bond donors (Lipinski definition) is 1. The Morgan fingerprint density at radius 2 is 1.92 bits per heavy atom. The highest BCUT2D eigenvalue weighted by Gasteiger charge is 2.32. The summed E-state index contributed by atoms with van der Waals surface area (Å²) in [4.78, 5) is 37.6. The fourth-order valence-electron chi connectivity index (χ4n) is 5.03. The molecule has 1 N–H and O–H groups in total. The van der Waals surface area contributed by atoms with Crippen molar-refractivity contribution in [3.63, 3.8) is 0 Å². The van der Waals surface area contributed by atoms with E-state index >= 15 is 8.78 Å². The average Bonchev–Trinajstić information content (AvgIpc) is 3.04. The van der Waals surface area contributed by atoms with Gasteiger partial charge in [-0.1, -0.05) is 65.1 Å². The van der Waals surface area contributed by atoms with Crippen molar-refractivity contribution in [1.29, 1.82) is 0 Å². The number of anilines is 1. The van der Waals surface area contributed by atoms with Gasteiger partial charge in [-0.15, -0.1) is 0 Å². The van der Waals surface area contributed by atoms with Gasteiger partial charge < -0.3 is 24.4 Å². The van der Waals surface area contributed by atoms with Gasteiger partial charge in [-0.05, 0) is 61.3 Å². The number of allylic oxidation sites excluding steroid dienone is 6. The van der Waals surface area contributed by atoms with Crippen LogP contribution in [0, 0.1) is 23.5 Å². The van der Waals surface area contributed by atoms with E-state index in [-0.39, 0.29) is 52.9 Å². The molecule has 262 valence electrons. The van der Waals surface area contributed by atoms with Gasteiger partial charge in [0.25, 0.3) is 0 Å². The number of halogens is 2. The van der Waals surface area contributed by atoms with E-state index in [2.05, 4.69) is 23.5 Å². The number of aliphatic imine (C=N–C) groups is 1. The highest BCUT2D eigenvalue weighted by Crippen LogP contribution is 2.37. The molecule has 0 saturated carbocycles. The van der Waals surface area contributed by atoms with Gasteiger partial charge in [0.2, 0.25) is 12.3 Å². The molecule has 2 amide bonds. The number of benzene rings is 1. The maximum absolute atomic E-state index is 16.3. The Balaban J connectivity index is 2.31. The maximum atomic E-state index is 16.3. The third-order valence-electron chi connectivity index (χ3n) is 7.69. The van der Waals surface area contributed by atoms with Crippen molar-refractivity contribution < 1.29 is 27.7 Å². The van der Waals surface area contributed by atoms with E-state index < -0.39 is 28.5 Å². The number of piperazine rings is 1. The number of carbonyl (C=O) groups excluding carboxylic acids is 2. The molecule has 3 rings (SSSR count). The van der Waals surface area contributed by atoms with E-state index in [0.717, 1.165) is 12.1 Å². The second-order valence-electron chi connectivity index (χ2n) is 12.2. The number of pyridine rings is 1. The molecule has 1 fully saturated rings. The van der Waals surface area contributed by atoms with Gasteiger partial charge in [0.05, 0.1) is 22.6 Å². The first-order chi connectivity index (χ1) is 23.2. The lowest BCUT2D eigenvalue weighted by atomic mass is 10.0. The monoisotopic (exact) mass is 693 g/mol. The summed E-state index contributed by atoms with van der Waals surface area (Å²) in [6, 6.07) is 4.87. The van der Waals surface area contributed by atoms with E-state index in [0.29, 0.717) is 41.8 Å². The number of amides is 2. The summed E-state index contributed by atoms with van der Waals surface area (Å²) < 4.78 is 50.4. The molecule has 1 aromatic carbocycles. The van der Waals surface area contributed by atoms with Crippen molar-refractivity contribution in [2.75, 3.05) is 31.2 Å².